The summed E-state index contributed by atoms with van der Waals surface area (Å²) in [6.07, 6.45) is 3.52. The predicted octanol–water partition coefficient (Wildman–Crippen LogP) is 4.78. The van der Waals surface area contributed by atoms with E-state index in [-0.39, 0.29) is 5.91 Å². The molecule has 4 aromatic rings. The third-order valence-corrected chi connectivity index (χ3v) is 5.70. The van der Waals surface area contributed by atoms with Crippen LogP contribution in [0.2, 0.25) is 0 Å². The Morgan fingerprint density at radius 3 is 2.66 bits per heavy atom. The maximum Gasteiger partial charge on any atom is 0.227 e. The zero-order valence-corrected chi connectivity index (χ0v) is 17.8. The van der Waals surface area contributed by atoms with Crippen LogP contribution in [0.4, 0.5) is 17.3 Å². The molecule has 0 fully saturated rings. The summed E-state index contributed by atoms with van der Waals surface area (Å²) < 4.78 is 0. The number of aromatic amines is 1. The molecule has 0 aliphatic carbocycles. The highest BCUT2D eigenvalue weighted by molar-refractivity contribution is 5.95. The molecule has 6 nitrogen and oxygen atoms in total. The third kappa shape index (κ3) is 4.50. The number of aromatic nitrogens is 2. The third-order valence-electron chi connectivity index (χ3n) is 5.70. The Hall–Kier alpha value is -3.64. The molecule has 0 saturated heterocycles. The Labute approximate surface area is 187 Å². The lowest BCUT2D eigenvalue weighted by Crippen LogP contribution is -2.36. The Morgan fingerprint density at radius 1 is 0.969 bits per heavy atom. The maximum atomic E-state index is 12.5. The highest BCUT2D eigenvalue weighted by atomic mass is 16.2. The van der Waals surface area contributed by atoms with Gasteiger partial charge in [-0.05, 0) is 54.3 Å². The van der Waals surface area contributed by atoms with Crippen LogP contribution in [0.15, 0.2) is 72.8 Å². The van der Waals surface area contributed by atoms with Crippen molar-refractivity contribution in [3.05, 3.63) is 90.3 Å². The summed E-state index contributed by atoms with van der Waals surface area (Å²) in [6, 6.07) is 24.4. The van der Waals surface area contributed by atoms with Gasteiger partial charge in [0.15, 0.2) is 0 Å². The topological polar surface area (TPSA) is 73.1 Å². The minimum Gasteiger partial charge on any atom is -0.326 e. The molecule has 1 aliphatic heterocycles. The predicted molar refractivity (Wildman–Crippen MR) is 129 cm³/mol. The molecule has 1 radical (unpaired) electrons. The van der Waals surface area contributed by atoms with Crippen molar-refractivity contribution in [1.29, 1.82) is 0 Å². The van der Waals surface area contributed by atoms with Crippen LogP contribution >= 0.6 is 0 Å². The van der Waals surface area contributed by atoms with E-state index in [0.717, 1.165) is 53.4 Å². The first kappa shape index (κ1) is 20.3. The fourth-order valence-corrected chi connectivity index (χ4v) is 4.05. The molecule has 1 aromatic heterocycles. The van der Waals surface area contributed by atoms with Crippen LogP contribution in [0.3, 0.4) is 0 Å². The van der Waals surface area contributed by atoms with Gasteiger partial charge in [-0.25, -0.2) is 4.98 Å². The Morgan fingerprint density at radius 2 is 1.78 bits per heavy atom. The van der Waals surface area contributed by atoms with Gasteiger partial charge in [-0.2, -0.15) is 0 Å². The van der Waals surface area contributed by atoms with Crippen molar-refractivity contribution in [2.24, 2.45) is 0 Å². The number of imidazole rings is 1. The Kier molecular flexibility index (Phi) is 5.85. The van der Waals surface area contributed by atoms with Crippen LogP contribution in [0.25, 0.3) is 11.0 Å². The van der Waals surface area contributed by atoms with Crippen molar-refractivity contribution in [2.45, 2.75) is 19.4 Å². The number of H-pyrrole nitrogens is 1. The van der Waals surface area contributed by atoms with Crippen molar-refractivity contribution < 1.29 is 4.79 Å². The number of amides is 1. The van der Waals surface area contributed by atoms with Crippen LogP contribution < -0.4 is 15.5 Å². The van der Waals surface area contributed by atoms with E-state index in [1.165, 1.54) is 5.56 Å². The van der Waals surface area contributed by atoms with E-state index in [1.54, 1.807) is 0 Å². The molecule has 0 spiro atoms. The molecule has 0 atom stereocenters. The number of nitrogens with zero attached hydrogens (tertiary/aromatic N) is 2. The van der Waals surface area contributed by atoms with Gasteiger partial charge in [0.2, 0.25) is 11.9 Å². The molecule has 0 saturated carbocycles. The van der Waals surface area contributed by atoms with Crippen molar-refractivity contribution in [2.75, 3.05) is 23.3 Å². The quantitative estimate of drug-likeness (QED) is 0.374. The van der Waals surface area contributed by atoms with E-state index in [4.69, 9.17) is 0 Å². The van der Waals surface area contributed by atoms with Gasteiger partial charge in [-0.15, -0.1) is 0 Å². The van der Waals surface area contributed by atoms with Gasteiger partial charge in [0.05, 0.1) is 11.0 Å². The second-order valence-corrected chi connectivity index (χ2v) is 7.95. The molecule has 0 bridgehead atoms. The van der Waals surface area contributed by atoms with E-state index in [1.807, 2.05) is 47.4 Å². The number of anilines is 3. The molecule has 2 heterocycles. The minimum atomic E-state index is 0.189. The summed E-state index contributed by atoms with van der Waals surface area (Å²) in [4.78, 5) is 22.3. The molecule has 3 N–H and O–H groups in total. The first-order valence-electron chi connectivity index (χ1n) is 11.0. The molecule has 1 amide bonds. The Bertz CT molecular complexity index is 1180. The van der Waals surface area contributed by atoms with Gasteiger partial charge in [0, 0.05) is 37.4 Å². The highest BCUT2D eigenvalue weighted by Gasteiger charge is 2.21. The molecule has 3 aromatic carbocycles. The maximum absolute atomic E-state index is 12.5. The summed E-state index contributed by atoms with van der Waals surface area (Å²) in [5.41, 5.74) is 6.29. The average molecular weight is 425 g/mol. The summed E-state index contributed by atoms with van der Waals surface area (Å²) in [5, 5.41) is 6.78. The normalized spacial score (nSPS) is 13.8. The molecular formula is C26H26N5O. The van der Waals surface area contributed by atoms with Crippen LogP contribution in [-0.4, -0.2) is 29.0 Å². The number of rotatable bonds is 7. The average Bonchev–Trinajstić information content (AvgIpc) is 3.15. The highest BCUT2D eigenvalue weighted by Crippen LogP contribution is 2.27. The number of benzene rings is 3. The minimum absolute atomic E-state index is 0.189. The van der Waals surface area contributed by atoms with Crippen molar-refractivity contribution in [1.82, 2.24) is 15.3 Å². The molecule has 6 heteroatoms. The SMILES string of the molecule is O=C1CC[CH]c2ccccc2N1CCNCc1ccc(Nc2nc3ccccc3[nH]2)cc1. The molecule has 32 heavy (non-hydrogen) atoms. The van der Waals surface area contributed by atoms with E-state index in [2.05, 4.69) is 57.4 Å². The number of carbonyl (C=O) groups is 1. The van der Waals surface area contributed by atoms with Crippen LogP contribution in [0.1, 0.15) is 24.0 Å². The summed E-state index contributed by atoms with van der Waals surface area (Å²) in [5.74, 6) is 0.922. The smallest absolute Gasteiger partial charge is 0.227 e. The first-order chi connectivity index (χ1) is 15.8. The van der Waals surface area contributed by atoms with E-state index in [0.29, 0.717) is 13.0 Å². The summed E-state index contributed by atoms with van der Waals surface area (Å²) >= 11 is 0. The van der Waals surface area contributed by atoms with Crippen molar-refractivity contribution >= 4 is 34.3 Å². The van der Waals surface area contributed by atoms with Crippen LogP contribution in [-0.2, 0) is 11.3 Å². The second-order valence-electron chi connectivity index (χ2n) is 7.95. The lowest BCUT2D eigenvalue weighted by atomic mass is 10.1. The van der Waals surface area contributed by atoms with Gasteiger partial charge in [-0.1, -0.05) is 42.5 Å². The van der Waals surface area contributed by atoms with Gasteiger partial charge >= 0.3 is 0 Å². The van der Waals surface area contributed by atoms with Crippen LogP contribution in [0, 0.1) is 6.42 Å². The molecule has 5 rings (SSSR count). The fraction of sp³-hybridized carbons (Fsp3) is 0.192. The number of hydrogen-bond acceptors (Lipinski definition) is 4. The number of hydrogen-bond donors (Lipinski definition) is 3. The number of para-hydroxylation sites is 3. The van der Waals surface area contributed by atoms with Crippen LogP contribution in [0.5, 0.6) is 0 Å². The van der Waals surface area contributed by atoms with Gasteiger partial charge in [0.25, 0.3) is 0 Å². The molecule has 161 valence electrons. The zero-order chi connectivity index (χ0) is 21.8. The monoisotopic (exact) mass is 424 g/mol. The molecular weight excluding hydrogens is 398 g/mol. The van der Waals surface area contributed by atoms with E-state index >= 15 is 0 Å². The van der Waals surface area contributed by atoms with Gasteiger partial charge in [-0.3, -0.25) is 4.79 Å². The lowest BCUT2D eigenvalue weighted by Gasteiger charge is -2.23. The Balaban J connectivity index is 1.14. The zero-order valence-electron chi connectivity index (χ0n) is 17.8. The van der Waals surface area contributed by atoms with Crippen molar-refractivity contribution in [3.63, 3.8) is 0 Å². The van der Waals surface area contributed by atoms with Gasteiger partial charge < -0.3 is 20.5 Å². The number of fused-ring (bicyclic) bond motifs is 2. The fourth-order valence-electron chi connectivity index (χ4n) is 4.05. The molecule has 1 aliphatic rings. The van der Waals surface area contributed by atoms with E-state index in [9.17, 15) is 4.79 Å². The number of carbonyl (C=O) groups excluding carboxylic acids is 1. The molecule has 0 unspecified atom stereocenters. The standard InChI is InChI=1S/C26H26N5O/c32-25-11-5-7-20-6-1-4-10-24(20)31(25)17-16-27-18-19-12-14-21(15-13-19)28-26-29-22-8-2-3-9-23(22)30-26/h1-4,6-10,12-15,27H,5,11,16-18H2,(H2,28,29,30). The van der Waals surface area contributed by atoms with Gasteiger partial charge in [0.1, 0.15) is 0 Å². The summed E-state index contributed by atoms with van der Waals surface area (Å²) in [7, 11) is 0. The lowest BCUT2D eigenvalue weighted by molar-refractivity contribution is -0.118. The largest absolute Gasteiger partial charge is 0.326 e. The van der Waals surface area contributed by atoms with E-state index < -0.39 is 0 Å². The summed E-state index contributed by atoms with van der Waals surface area (Å²) in [6.45, 7) is 2.15. The van der Waals surface area contributed by atoms with Crippen molar-refractivity contribution in [3.8, 4) is 0 Å². The number of nitrogens with one attached hydrogen (secondary N) is 3. The first-order valence-corrected chi connectivity index (χ1v) is 11.0. The second kappa shape index (κ2) is 9.24.